The van der Waals surface area contributed by atoms with E-state index in [4.69, 9.17) is 5.73 Å². The minimum Gasteiger partial charge on any atom is -0.530 e. The highest BCUT2D eigenvalue weighted by atomic mass is 16.4. The maximum atomic E-state index is 9.85. The molecule has 0 spiro atoms. The fourth-order valence-electron chi connectivity index (χ4n) is 0.285. The molecule has 4 nitrogen and oxygen atoms in total. The molecule has 0 heterocycles. The molecular formula is C4H9N2O2-. The third kappa shape index (κ3) is 2.41. The second-order valence-electron chi connectivity index (χ2n) is 1.48. The molecule has 0 unspecified atom stereocenters. The number of carbonyl (C=O) groups excluding carboxylic acids is 1. The summed E-state index contributed by atoms with van der Waals surface area (Å²) in [4.78, 5) is 10.9. The second kappa shape index (κ2) is 3.26. The molecule has 0 radical (unpaired) electrons. The molecule has 0 atom stereocenters. The van der Waals surface area contributed by atoms with Crippen LogP contribution < -0.4 is 10.8 Å². The van der Waals surface area contributed by atoms with E-state index in [-0.39, 0.29) is 0 Å². The second-order valence-corrected chi connectivity index (χ2v) is 1.48. The Kier molecular flexibility index (Phi) is 2.95. The van der Waals surface area contributed by atoms with Crippen molar-refractivity contribution in [2.24, 2.45) is 5.73 Å². The third-order valence-corrected chi connectivity index (χ3v) is 0.776. The topological polar surface area (TPSA) is 69.4 Å². The van der Waals surface area contributed by atoms with Gasteiger partial charge in [-0.2, -0.15) is 0 Å². The first kappa shape index (κ1) is 7.23. The van der Waals surface area contributed by atoms with Crippen LogP contribution in [0, 0.1) is 0 Å². The minimum absolute atomic E-state index is 0.336. The van der Waals surface area contributed by atoms with Crippen LogP contribution in [0.3, 0.4) is 0 Å². The molecule has 0 rings (SSSR count). The van der Waals surface area contributed by atoms with Crippen molar-refractivity contribution in [3.05, 3.63) is 0 Å². The van der Waals surface area contributed by atoms with Gasteiger partial charge in [-0.1, -0.05) is 0 Å². The van der Waals surface area contributed by atoms with Crippen LogP contribution in [0.25, 0.3) is 0 Å². The largest absolute Gasteiger partial charge is 0.530 e. The molecule has 0 fully saturated rings. The number of likely N-dealkylation sites (N-methyl/N-ethyl adjacent to an activating group) is 1. The maximum absolute atomic E-state index is 9.85. The molecule has 0 aliphatic rings. The summed E-state index contributed by atoms with van der Waals surface area (Å²) in [7, 11) is 1.42. The standard InChI is InChI=1S/C4H10N2O2/c1-6(3-2-5)4(7)8/h2-3,5H2,1H3,(H,7,8)/p-1. The lowest BCUT2D eigenvalue weighted by Crippen LogP contribution is -2.40. The van der Waals surface area contributed by atoms with Gasteiger partial charge >= 0.3 is 0 Å². The van der Waals surface area contributed by atoms with Gasteiger partial charge in [0.15, 0.2) is 0 Å². The lowest BCUT2D eigenvalue weighted by atomic mass is 10.6. The maximum Gasteiger partial charge on any atom is 0.136 e. The smallest absolute Gasteiger partial charge is 0.136 e. The zero-order valence-corrected chi connectivity index (χ0v) is 4.76. The average molecular weight is 117 g/mol. The van der Waals surface area contributed by atoms with Crippen molar-refractivity contribution in [1.82, 2.24) is 4.90 Å². The monoisotopic (exact) mass is 117 g/mol. The molecule has 0 saturated heterocycles. The first-order chi connectivity index (χ1) is 3.68. The van der Waals surface area contributed by atoms with Crippen LogP contribution in [0.5, 0.6) is 0 Å². The van der Waals surface area contributed by atoms with E-state index in [1.807, 2.05) is 0 Å². The molecule has 0 saturated carbocycles. The van der Waals surface area contributed by atoms with Gasteiger partial charge in [-0.25, -0.2) is 0 Å². The van der Waals surface area contributed by atoms with Gasteiger partial charge in [0.05, 0.1) is 0 Å². The average Bonchev–Trinajstić information content (AvgIpc) is 1.67. The summed E-state index contributed by atoms with van der Waals surface area (Å²) in [5.74, 6) is 0. The highest BCUT2D eigenvalue weighted by molar-refractivity contribution is 5.61. The fourth-order valence-corrected chi connectivity index (χ4v) is 0.285. The summed E-state index contributed by atoms with van der Waals surface area (Å²) < 4.78 is 0. The molecule has 0 aliphatic carbocycles. The summed E-state index contributed by atoms with van der Waals surface area (Å²) >= 11 is 0. The number of amides is 1. The number of carbonyl (C=O) groups is 1. The molecule has 0 aromatic rings. The van der Waals surface area contributed by atoms with Crippen LogP contribution in [-0.4, -0.2) is 31.1 Å². The number of carboxylic acid groups (broad SMARTS) is 1. The van der Waals surface area contributed by atoms with Crippen LogP contribution in [0.4, 0.5) is 4.79 Å². The minimum atomic E-state index is -1.18. The molecular weight excluding hydrogens is 108 g/mol. The predicted octanol–water partition coefficient (Wildman–Crippen LogP) is -1.78. The molecule has 0 aromatic heterocycles. The summed E-state index contributed by atoms with van der Waals surface area (Å²) in [5.41, 5.74) is 5.03. The van der Waals surface area contributed by atoms with Crippen molar-refractivity contribution in [1.29, 1.82) is 0 Å². The molecule has 1 amide bonds. The summed E-state index contributed by atoms with van der Waals surface area (Å²) in [6, 6.07) is 0. The highest BCUT2D eigenvalue weighted by Gasteiger charge is 1.90. The molecule has 8 heavy (non-hydrogen) atoms. The van der Waals surface area contributed by atoms with Crippen LogP contribution in [-0.2, 0) is 0 Å². The third-order valence-electron chi connectivity index (χ3n) is 0.776. The summed E-state index contributed by atoms with van der Waals surface area (Å²) in [5, 5.41) is 9.85. The van der Waals surface area contributed by atoms with Crippen molar-refractivity contribution >= 4 is 6.09 Å². The van der Waals surface area contributed by atoms with Gasteiger partial charge in [-0.15, -0.1) is 0 Å². The Morgan fingerprint density at radius 2 is 2.38 bits per heavy atom. The summed E-state index contributed by atoms with van der Waals surface area (Å²) in [6.07, 6.45) is -1.18. The first-order valence-electron chi connectivity index (χ1n) is 2.30. The zero-order chi connectivity index (χ0) is 6.57. The van der Waals surface area contributed by atoms with Crippen LogP contribution in [0.1, 0.15) is 0 Å². The van der Waals surface area contributed by atoms with Crippen molar-refractivity contribution in [2.45, 2.75) is 0 Å². The first-order valence-corrected chi connectivity index (χ1v) is 2.30. The molecule has 4 heteroatoms. The van der Waals surface area contributed by atoms with Crippen molar-refractivity contribution in [3.63, 3.8) is 0 Å². The van der Waals surface area contributed by atoms with Crippen LogP contribution in [0.15, 0.2) is 0 Å². The van der Waals surface area contributed by atoms with Crippen molar-refractivity contribution in [3.8, 4) is 0 Å². The quantitative estimate of drug-likeness (QED) is 0.465. The van der Waals surface area contributed by atoms with Gasteiger partial charge in [0.1, 0.15) is 6.09 Å². The molecule has 0 aliphatic heterocycles. The van der Waals surface area contributed by atoms with Gasteiger partial charge in [-0.05, 0) is 0 Å². The molecule has 0 bridgehead atoms. The number of hydrogen-bond donors (Lipinski definition) is 1. The van der Waals surface area contributed by atoms with Gasteiger partial charge in [0.2, 0.25) is 0 Å². The van der Waals surface area contributed by atoms with Gasteiger partial charge < -0.3 is 20.5 Å². The van der Waals surface area contributed by atoms with E-state index < -0.39 is 6.09 Å². The zero-order valence-electron chi connectivity index (χ0n) is 4.76. The Morgan fingerprint density at radius 1 is 1.88 bits per heavy atom. The molecule has 48 valence electrons. The highest BCUT2D eigenvalue weighted by Crippen LogP contribution is 1.74. The fraction of sp³-hybridized carbons (Fsp3) is 0.750. The number of rotatable bonds is 2. The predicted molar refractivity (Wildman–Crippen MR) is 27.1 cm³/mol. The molecule has 0 aromatic carbocycles. The van der Waals surface area contributed by atoms with Gasteiger partial charge in [0, 0.05) is 20.1 Å². The van der Waals surface area contributed by atoms with E-state index >= 15 is 0 Å². The Morgan fingerprint density at radius 3 is 2.50 bits per heavy atom. The Bertz CT molecular complexity index is 84.1. The van der Waals surface area contributed by atoms with E-state index in [0.29, 0.717) is 13.1 Å². The van der Waals surface area contributed by atoms with Crippen molar-refractivity contribution < 1.29 is 9.90 Å². The van der Waals surface area contributed by atoms with E-state index in [1.165, 1.54) is 7.05 Å². The Hall–Kier alpha value is -0.770. The van der Waals surface area contributed by atoms with Crippen molar-refractivity contribution in [2.75, 3.05) is 20.1 Å². The lowest BCUT2D eigenvalue weighted by Gasteiger charge is -2.17. The summed E-state index contributed by atoms with van der Waals surface area (Å²) in [6.45, 7) is 0.673. The van der Waals surface area contributed by atoms with E-state index in [1.54, 1.807) is 0 Å². The van der Waals surface area contributed by atoms with Gasteiger partial charge in [0.25, 0.3) is 0 Å². The van der Waals surface area contributed by atoms with Gasteiger partial charge in [-0.3, -0.25) is 0 Å². The SMILES string of the molecule is CN(CCN)C(=O)[O-]. The number of nitrogens with two attached hydrogens (primary N) is 1. The van der Waals surface area contributed by atoms with Crippen LogP contribution >= 0.6 is 0 Å². The van der Waals surface area contributed by atoms with E-state index in [2.05, 4.69) is 0 Å². The number of hydrogen-bond acceptors (Lipinski definition) is 3. The number of nitrogens with zero attached hydrogens (tertiary/aromatic N) is 1. The lowest BCUT2D eigenvalue weighted by molar-refractivity contribution is -0.263. The van der Waals surface area contributed by atoms with E-state index in [9.17, 15) is 9.90 Å². The normalized spacial score (nSPS) is 8.75. The molecule has 2 N–H and O–H groups in total. The Balaban J connectivity index is 3.32. The van der Waals surface area contributed by atoms with E-state index in [0.717, 1.165) is 4.90 Å². The Labute approximate surface area is 47.9 Å². The van der Waals surface area contributed by atoms with Crippen LogP contribution in [0.2, 0.25) is 0 Å².